The zero-order valence-corrected chi connectivity index (χ0v) is 28.0. The van der Waals surface area contributed by atoms with Gasteiger partial charge in [0, 0.05) is 12.3 Å². The van der Waals surface area contributed by atoms with E-state index in [0.717, 1.165) is 35.1 Å². The molecule has 5 atom stereocenters. The van der Waals surface area contributed by atoms with Crippen LogP contribution in [0.5, 0.6) is 0 Å². The second-order valence-electron chi connectivity index (χ2n) is 13.4. The average molecular weight is 637 g/mol. The van der Waals surface area contributed by atoms with Crippen molar-refractivity contribution in [3.05, 3.63) is 142 Å². The van der Waals surface area contributed by atoms with Gasteiger partial charge in [0.15, 0.2) is 0 Å². The first-order valence-electron chi connectivity index (χ1n) is 16.7. The molecule has 0 aliphatic carbocycles. The molecule has 0 bridgehead atoms. The maximum absolute atomic E-state index is 11.3. The SMILES string of the molecule is Cc1ccc([C@@H]2O[C@H](C(C)(C)O)[C@@H](C)[C@H](OCc3ccccc3)[C@H]2OCc2ccccc2)cc1Cc1ccc(CCCC(=O)O)cc1. The molecular formula is C41H48O6. The van der Waals surface area contributed by atoms with Gasteiger partial charge in [0.2, 0.25) is 0 Å². The number of carboxylic acids is 1. The highest BCUT2D eigenvalue weighted by Gasteiger charge is 2.50. The number of hydrogen-bond donors (Lipinski definition) is 2. The lowest BCUT2D eigenvalue weighted by atomic mass is 9.79. The first-order chi connectivity index (χ1) is 22.6. The Bertz CT molecular complexity index is 1560. The van der Waals surface area contributed by atoms with Crippen molar-refractivity contribution in [2.75, 3.05) is 0 Å². The average Bonchev–Trinajstić information content (AvgIpc) is 3.05. The number of ether oxygens (including phenoxy) is 3. The molecule has 1 aliphatic rings. The summed E-state index contributed by atoms with van der Waals surface area (Å²) in [5.74, 6) is -0.904. The van der Waals surface area contributed by atoms with Gasteiger partial charge in [-0.1, -0.05) is 110 Å². The van der Waals surface area contributed by atoms with E-state index in [0.29, 0.717) is 19.6 Å². The van der Waals surface area contributed by atoms with Gasteiger partial charge >= 0.3 is 5.97 Å². The topological polar surface area (TPSA) is 85.2 Å². The molecule has 0 aromatic heterocycles. The summed E-state index contributed by atoms with van der Waals surface area (Å²) < 4.78 is 20.3. The van der Waals surface area contributed by atoms with Crippen LogP contribution in [-0.4, -0.2) is 40.1 Å². The largest absolute Gasteiger partial charge is 0.481 e. The van der Waals surface area contributed by atoms with Gasteiger partial charge in [0.1, 0.15) is 12.2 Å². The molecule has 4 aromatic carbocycles. The van der Waals surface area contributed by atoms with Crippen LogP contribution in [0.1, 0.15) is 78.7 Å². The summed E-state index contributed by atoms with van der Waals surface area (Å²) in [6.07, 6.45) is 0.589. The van der Waals surface area contributed by atoms with E-state index in [2.05, 4.69) is 80.6 Å². The third-order valence-electron chi connectivity index (χ3n) is 9.15. The van der Waals surface area contributed by atoms with E-state index in [1.54, 1.807) is 13.8 Å². The minimum Gasteiger partial charge on any atom is -0.481 e. The maximum atomic E-state index is 11.3. The van der Waals surface area contributed by atoms with Crippen LogP contribution in [0.25, 0.3) is 0 Å². The Labute approximate surface area is 279 Å². The fourth-order valence-electron chi connectivity index (χ4n) is 6.59. The Hall–Kier alpha value is -3.81. The second kappa shape index (κ2) is 15.9. The van der Waals surface area contributed by atoms with Crippen LogP contribution in [-0.2, 0) is 45.1 Å². The third-order valence-corrected chi connectivity index (χ3v) is 9.15. The predicted molar refractivity (Wildman–Crippen MR) is 184 cm³/mol. The van der Waals surface area contributed by atoms with Crippen LogP contribution in [0, 0.1) is 12.8 Å². The zero-order valence-electron chi connectivity index (χ0n) is 28.0. The molecule has 0 radical (unpaired) electrons. The molecule has 1 saturated heterocycles. The van der Waals surface area contributed by atoms with E-state index in [-0.39, 0.29) is 18.4 Å². The van der Waals surface area contributed by atoms with E-state index >= 15 is 0 Å². The van der Waals surface area contributed by atoms with Crippen LogP contribution in [0.4, 0.5) is 0 Å². The molecule has 0 spiro atoms. The Balaban J connectivity index is 1.44. The maximum Gasteiger partial charge on any atom is 0.303 e. The molecule has 5 rings (SSSR count). The number of benzene rings is 4. The lowest BCUT2D eigenvalue weighted by molar-refractivity contribution is -0.264. The van der Waals surface area contributed by atoms with E-state index in [9.17, 15) is 9.90 Å². The number of aliphatic hydroxyl groups is 1. The number of aryl methyl sites for hydroxylation is 2. The van der Waals surface area contributed by atoms with E-state index in [4.69, 9.17) is 19.3 Å². The zero-order chi connectivity index (χ0) is 33.4. The van der Waals surface area contributed by atoms with Crippen molar-refractivity contribution in [1.82, 2.24) is 0 Å². The van der Waals surface area contributed by atoms with Crippen molar-refractivity contribution in [2.24, 2.45) is 5.92 Å². The number of aliphatic carboxylic acids is 1. The van der Waals surface area contributed by atoms with E-state index < -0.39 is 29.9 Å². The molecule has 1 heterocycles. The highest BCUT2D eigenvalue weighted by Crippen LogP contribution is 2.43. The van der Waals surface area contributed by atoms with Gasteiger partial charge in [-0.25, -0.2) is 0 Å². The molecule has 248 valence electrons. The molecule has 2 N–H and O–H groups in total. The van der Waals surface area contributed by atoms with Gasteiger partial charge in [0.25, 0.3) is 0 Å². The van der Waals surface area contributed by atoms with Crippen molar-refractivity contribution < 1.29 is 29.2 Å². The van der Waals surface area contributed by atoms with Crippen LogP contribution in [0.15, 0.2) is 103 Å². The summed E-state index contributed by atoms with van der Waals surface area (Å²) in [6.45, 7) is 8.65. The Morgan fingerprint density at radius 1 is 0.787 bits per heavy atom. The molecule has 4 aromatic rings. The minimum absolute atomic E-state index is 0.144. The van der Waals surface area contributed by atoms with Crippen molar-refractivity contribution in [3.63, 3.8) is 0 Å². The standard InChI is InChI=1S/C41H48O6/c1-28-18-23-34(25-35(28)24-31-21-19-30(20-22-31)16-11-17-36(42)43)38-39(46-27-33-14-9-6-10-15-33)37(29(2)40(47-38)41(3,4)44)45-26-32-12-7-5-8-13-32/h5-10,12-15,18-23,25,29,37-40,44H,11,16-17,24,26-27H2,1-4H3,(H,42,43)/t29-,37-,38-,39+,40-/m0/s1. The highest BCUT2D eigenvalue weighted by molar-refractivity contribution is 5.66. The number of hydrogen-bond acceptors (Lipinski definition) is 5. The Morgan fingerprint density at radius 3 is 1.94 bits per heavy atom. The minimum atomic E-state index is -1.10. The van der Waals surface area contributed by atoms with Gasteiger partial charge in [-0.2, -0.15) is 0 Å². The fraction of sp³-hybridized carbons (Fsp3) is 0.390. The number of rotatable bonds is 14. The molecule has 0 saturated carbocycles. The van der Waals surface area contributed by atoms with Crippen molar-refractivity contribution in [2.45, 2.75) is 96.6 Å². The normalized spacial score (nSPS) is 21.4. The predicted octanol–water partition coefficient (Wildman–Crippen LogP) is 8.01. The van der Waals surface area contributed by atoms with Crippen molar-refractivity contribution >= 4 is 5.97 Å². The molecule has 0 unspecified atom stereocenters. The highest BCUT2D eigenvalue weighted by atomic mass is 16.6. The summed E-state index contributed by atoms with van der Waals surface area (Å²) in [6, 6.07) is 35.2. The number of carbonyl (C=O) groups is 1. The van der Waals surface area contributed by atoms with Crippen LogP contribution >= 0.6 is 0 Å². The summed E-state index contributed by atoms with van der Waals surface area (Å²) >= 11 is 0. The quantitative estimate of drug-likeness (QED) is 0.146. The summed E-state index contributed by atoms with van der Waals surface area (Å²) in [5.41, 5.74) is 6.73. The molecular weight excluding hydrogens is 588 g/mol. The van der Waals surface area contributed by atoms with Crippen molar-refractivity contribution in [3.8, 4) is 0 Å². The van der Waals surface area contributed by atoms with Gasteiger partial charge in [-0.15, -0.1) is 0 Å². The van der Waals surface area contributed by atoms with Crippen molar-refractivity contribution in [1.29, 1.82) is 0 Å². The first-order valence-corrected chi connectivity index (χ1v) is 16.7. The van der Waals surface area contributed by atoms with Gasteiger partial charge in [0.05, 0.1) is 31.0 Å². The summed E-state index contributed by atoms with van der Waals surface area (Å²) in [7, 11) is 0. The fourth-order valence-corrected chi connectivity index (χ4v) is 6.59. The summed E-state index contributed by atoms with van der Waals surface area (Å²) in [5, 5.41) is 20.3. The Kier molecular flexibility index (Phi) is 11.6. The first kappa shape index (κ1) is 34.5. The molecule has 6 nitrogen and oxygen atoms in total. The van der Waals surface area contributed by atoms with Gasteiger partial charge < -0.3 is 24.4 Å². The lowest BCUT2D eigenvalue weighted by Gasteiger charge is -2.49. The second-order valence-corrected chi connectivity index (χ2v) is 13.4. The Morgan fingerprint density at radius 2 is 1.36 bits per heavy atom. The molecule has 47 heavy (non-hydrogen) atoms. The molecule has 1 fully saturated rings. The van der Waals surface area contributed by atoms with Crippen LogP contribution < -0.4 is 0 Å². The third kappa shape index (κ3) is 9.39. The molecule has 6 heteroatoms. The smallest absolute Gasteiger partial charge is 0.303 e. The monoisotopic (exact) mass is 636 g/mol. The van der Waals surface area contributed by atoms with Gasteiger partial charge in [-0.3, -0.25) is 4.79 Å². The van der Waals surface area contributed by atoms with Gasteiger partial charge in [-0.05, 0) is 79.0 Å². The number of carboxylic acid groups (broad SMARTS) is 1. The van der Waals surface area contributed by atoms with Crippen LogP contribution in [0.2, 0.25) is 0 Å². The molecule has 0 amide bonds. The summed E-state index contributed by atoms with van der Waals surface area (Å²) in [4.78, 5) is 10.9. The molecule has 1 aliphatic heterocycles. The van der Waals surface area contributed by atoms with E-state index in [1.165, 1.54) is 16.7 Å². The lowest BCUT2D eigenvalue weighted by Crippen LogP contribution is -2.57. The van der Waals surface area contributed by atoms with Crippen LogP contribution in [0.3, 0.4) is 0 Å². The van der Waals surface area contributed by atoms with E-state index in [1.807, 2.05) is 36.4 Å².